The number of ether oxygens (including phenoxy) is 1. The van der Waals surface area contributed by atoms with Crippen molar-refractivity contribution in [1.82, 2.24) is 5.48 Å². The van der Waals surface area contributed by atoms with Gasteiger partial charge in [0.25, 0.3) is 0 Å². The maximum atomic E-state index is 10.4. The Labute approximate surface area is 59.4 Å². The number of rotatable bonds is 4. The minimum Gasteiger partial charge on any atom is -0.441 e. The van der Waals surface area contributed by atoms with Gasteiger partial charge in [-0.2, -0.15) is 5.48 Å². The maximum absolute atomic E-state index is 10.4. The fourth-order valence-electron chi connectivity index (χ4n) is 0.389. The second kappa shape index (κ2) is 4.96. The topological polar surface area (TPSA) is 58.6 Å². The number of hydroxylamine groups is 1. The number of hydrogen-bond acceptors (Lipinski definition) is 4. The zero-order valence-corrected chi connectivity index (χ0v) is 5.83. The van der Waals surface area contributed by atoms with E-state index in [-0.39, 0.29) is 0 Å². The Morgan fingerprint density at radius 1 is 2.00 bits per heavy atom. The standard InChI is InChI=1S/C6H11NO3/c1-3-5(7-9)10-6(8)4-2/h4-5,7,9H,2-3H2,1H3. The van der Waals surface area contributed by atoms with Crippen LogP contribution in [-0.2, 0) is 9.53 Å². The highest BCUT2D eigenvalue weighted by Gasteiger charge is 2.06. The molecule has 4 heteroatoms. The van der Waals surface area contributed by atoms with Gasteiger partial charge in [-0.25, -0.2) is 4.79 Å². The van der Waals surface area contributed by atoms with Crippen molar-refractivity contribution in [3.63, 3.8) is 0 Å². The molecule has 0 spiro atoms. The summed E-state index contributed by atoms with van der Waals surface area (Å²) >= 11 is 0. The van der Waals surface area contributed by atoms with Crippen molar-refractivity contribution in [1.29, 1.82) is 0 Å². The van der Waals surface area contributed by atoms with Gasteiger partial charge in [0.05, 0.1) is 0 Å². The Balaban J connectivity index is 3.62. The molecule has 0 aliphatic carbocycles. The molecule has 0 radical (unpaired) electrons. The van der Waals surface area contributed by atoms with Crippen molar-refractivity contribution in [2.45, 2.75) is 19.6 Å². The molecule has 0 aromatic rings. The molecule has 0 heterocycles. The van der Waals surface area contributed by atoms with Crippen LogP contribution >= 0.6 is 0 Å². The first-order valence-electron chi connectivity index (χ1n) is 2.97. The number of hydrogen-bond donors (Lipinski definition) is 2. The van der Waals surface area contributed by atoms with E-state index >= 15 is 0 Å². The molecule has 0 saturated carbocycles. The van der Waals surface area contributed by atoms with Crippen LogP contribution in [0.15, 0.2) is 12.7 Å². The van der Waals surface area contributed by atoms with E-state index in [1.165, 1.54) is 0 Å². The molecule has 0 fully saturated rings. The summed E-state index contributed by atoms with van der Waals surface area (Å²) in [6.07, 6.45) is 0.918. The van der Waals surface area contributed by atoms with Crippen LogP contribution in [0.1, 0.15) is 13.3 Å². The molecule has 1 unspecified atom stereocenters. The van der Waals surface area contributed by atoms with Crippen LogP contribution in [0.3, 0.4) is 0 Å². The van der Waals surface area contributed by atoms with E-state index < -0.39 is 12.2 Å². The predicted octanol–water partition coefficient (Wildman–Crippen LogP) is 0.430. The molecule has 0 saturated heterocycles. The molecule has 0 rings (SSSR count). The van der Waals surface area contributed by atoms with Crippen molar-refractivity contribution >= 4 is 5.97 Å². The third-order valence-corrected chi connectivity index (χ3v) is 0.940. The summed E-state index contributed by atoms with van der Waals surface area (Å²) < 4.78 is 4.58. The van der Waals surface area contributed by atoms with Crippen molar-refractivity contribution in [2.75, 3.05) is 0 Å². The highest BCUT2D eigenvalue weighted by atomic mass is 16.6. The van der Waals surface area contributed by atoms with Crippen molar-refractivity contribution in [3.05, 3.63) is 12.7 Å². The Kier molecular flexibility index (Phi) is 4.53. The van der Waals surface area contributed by atoms with Crippen LogP contribution in [0.25, 0.3) is 0 Å². The van der Waals surface area contributed by atoms with Gasteiger partial charge in [-0.3, -0.25) is 0 Å². The second-order valence-electron chi connectivity index (χ2n) is 1.67. The summed E-state index contributed by atoms with van der Waals surface area (Å²) in [6, 6.07) is 0. The highest BCUT2D eigenvalue weighted by molar-refractivity contribution is 5.81. The molecule has 2 N–H and O–H groups in total. The Bertz CT molecular complexity index is 120. The predicted molar refractivity (Wildman–Crippen MR) is 35.3 cm³/mol. The minimum atomic E-state index is -0.634. The lowest BCUT2D eigenvalue weighted by Gasteiger charge is -2.11. The lowest BCUT2D eigenvalue weighted by atomic mass is 10.4. The van der Waals surface area contributed by atoms with E-state index in [4.69, 9.17) is 5.21 Å². The van der Waals surface area contributed by atoms with E-state index in [2.05, 4.69) is 11.3 Å². The third kappa shape index (κ3) is 3.21. The summed E-state index contributed by atoms with van der Waals surface area (Å²) in [5.74, 6) is -0.548. The van der Waals surface area contributed by atoms with E-state index in [0.29, 0.717) is 6.42 Å². The van der Waals surface area contributed by atoms with Gasteiger partial charge in [0.1, 0.15) is 0 Å². The zero-order valence-electron chi connectivity index (χ0n) is 5.83. The lowest BCUT2D eigenvalue weighted by Crippen LogP contribution is -2.29. The molecular formula is C6H11NO3. The molecule has 0 aliphatic heterocycles. The Morgan fingerprint density at radius 3 is 2.90 bits per heavy atom. The van der Waals surface area contributed by atoms with Crippen LogP contribution in [0.5, 0.6) is 0 Å². The minimum absolute atomic E-state index is 0.510. The molecule has 0 aromatic heterocycles. The smallest absolute Gasteiger partial charge is 0.331 e. The van der Waals surface area contributed by atoms with E-state index in [1.807, 2.05) is 5.48 Å². The first-order chi connectivity index (χ1) is 4.74. The summed E-state index contributed by atoms with van der Waals surface area (Å²) in [5, 5.41) is 8.31. The highest BCUT2D eigenvalue weighted by Crippen LogP contribution is 1.92. The molecule has 58 valence electrons. The van der Waals surface area contributed by atoms with Crippen LogP contribution in [0, 0.1) is 0 Å². The lowest BCUT2D eigenvalue weighted by molar-refractivity contribution is -0.151. The molecular weight excluding hydrogens is 134 g/mol. The molecule has 10 heavy (non-hydrogen) atoms. The summed E-state index contributed by atoms with van der Waals surface area (Å²) in [5.41, 5.74) is 1.83. The number of carbonyl (C=O) groups is 1. The summed E-state index contributed by atoms with van der Waals surface area (Å²) in [7, 11) is 0. The first kappa shape index (κ1) is 9.13. The van der Waals surface area contributed by atoms with Gasteiger partial charge in [0.2, 0.25) is 0 Å². The van der Waals surface area contributed by atoms with Gasteiger partial charge in [-0.15, -0.1) is 0 Å². The number of esters is 1. The van der Waals surface area contributed by atoms with Crippen LogP contribution < -0.4 is 5.48 Å². The molecule has 0 aromatic carbocycles. The fraction of sp³-hybridized carbons (Fsp3) is 0.500. The molecule has 1 atom stereocenters. The van der Waals surface area contributed by atoms with Crippen LogP contribution in [0.4, 0.5) is 0 Å². The average molecular weight is 145 g/mol. The average Bonchev–Trinajstić information content (AvgIpc) is 1.99. The molecule has 0 aliphatic rings. The maximum Gasteiger partial charge on any atom is 0.331 e. The molecule has 0 bridgehead atoms. The Hall–Kier alpha value is -0.870. The van der Waals surface area contributed by atoms with Crippen molar-refractivity contribution in [3.8, 4) is 0 Å². The quantitative estimate of drug-likeness (QED) is 0.261. The molecule has 0 amide bonds. The monoisotopic (exact) mass is 145 g/mol. The van der Waals surface area contributed by atoms with Gasteiger partial charge in [-0.1, -0.05) is 13.5 Å². The SMILES string of the molecule is C=CC(=O)OC(CC)NO. The van der Waals surface area contributed by atoms with E-state index in [1.54, 1.807) is 6.92 Å². The summed E-state index contributed by atoms with van der Waals surface area (Å²) in [4.78, 5) is 10.4. The number of carbonyl (C=O) groups excluding carboxylic acids is 1. The third-order valence-electron chi connectivity index (χ3n) is 0.940. The largest absolute Gasteiger partial charge is 0.441 e. The van der Waals surface area contributed by atoms with Gasteiger partial charge < -0.3 is 9.94 Å². The molecule has 4 nitrogen and oxygen atoms in total. The van der Waals surface area contributed by atoms with Gasteiger partial charge in [0.15, 0.2) is 6.23 Å². The zero-order chi connectivity index (χ0) is 7.98. The van der Waals surface area contributed by atoms with E-state index in [9.17, 15) is 4.79 Å². The first-order valence-corrected chi connectivity index (χ1v) is 2.97. The van der Waals surface area contributed by atoms with Gasteiger partial charge in [-0.05, 0) is 6.42 Å². The number of nitrogens with one attached hydrogen (secondary N) is 1. The normalized spacial score (nSPS) is 12.2. The van der Waals surface area contributed by atoms with Crippen molar-refractivity contribution in [2.24, 2.45) is 0 Å². The van der Waals surface area contributed by atoms with Crippen LogP contribution in [-0.4, -0.2) is 17.4 Å². The van der Waals surface area contributed by atoms with E-state index in [0.717, 1.165) is 6.08 Å². The van der Waals surface area contributed by atoms with Crippen molar-refractivity contribution < 1.29 is 14.7 Å². The van der Waals surface area contributed by atoms with Gasteiger partial charge >= 0.3 is 5.97 Å². The van der Waals surface area contributed by atoms with Gasteiger partial charge in [0, 0.05) is 6.08 Å². The van der Waals surface area contributed by atoms with Crippen LogP contribution in [0.2, 0.25) is 0 Å². The fourth-order valence-corrected chi connectivity index (χ4v) is 0.389. The Morgan fingerprint density at radius 2 is 2.60 bits per heavy atom. The second-order valence-corrected chi connectivity index (χ2v) is 1.67. The summed E-state index contributed by atoms with van der Waals surface area (Å²) in [6.45, 7) is 4.97.